The number of urea groups is 1. The third kappa shape index (κ3) is 3.85. The molecule has 4 rings (SSSR count). The van der Waals surface area contributed by atoms with Gasteiger partial charge in [-0.2, -0.15) is 0 Å². The van der Waals surface area contributed by atoms with Crippen molar-refractivity contribution in [3.05, 3.63) is 60.0 Å². The van der Waals surface area contributed by atoms with Crippen LogP contribution in [0.3, 0.4) is 0 Å². The normalized spacial score (nSPS) is 14.2. The SMILES string of the molecule is O=C(Nc1ccc(-c2nccs2)cc1)N1CCN(C(=O)c2ccco2)CC1. The topological polar surface area (TPSA) is 78.7 Å². The summed E-state index contributed by atoms with van der Waals surface area (Å²) in [5.41, 5.74) is 1.75. The van der Waals surface area contributed by atoms with Crippen LogP contribution in [0.5, 0.6) is 0 Å². The minimum absolute atomic E-state index is 0.141. The maximum Gasteiger partial charge on any atom is 0.321 e. The molecule has 0 aliphatic carbocycles. The van der Waals surface area contributed by atoms with Crippen molar-refractivity contribution in [2.45, 2.75) is 0 Å². The fourth-order valence-corrected chi connectivity index (χ4v) is 3.58. The van der Waals surface area contributed by atoms with Gasteiger partial charge in [0.15, 0.2) is 5.76 Å². The molecule has 3 heterocycles. The van der Waals surface area contributed by atoms with Crippen molar-refractivity contribution in [3.8, 4) is 10.6 Å². The molecule has 0 spiro atoms. The molecule has 0 atom stereocenters. The predicted octanol–water partition coefficient (Wildman–Crippen LogP) is 3.39. The van der Waals surface area contributed by atoms with Crippen molar-refractivity contribution in [1.29, 1.82) is 0 Å². The van der Waals surface area contributed by atoms with Crippen LogP contribution >= 0.6 is 11.3 Å². The summed E-state index contributed by atoms with van der Waals surface area (Å²) in [6.45, 7) is 1.93. The molecule has 0 unspecified atom stereocenters. The number of piperazine rings is 1. The Hall–Kier alpha value is -3.13. The number of hydrogen-bond acceptors (Lipinski definition) is 5. The Balaban J connectivity index is 1.31. The molecule has 8 heteroatoms. The van der Waals surface area contributed by atoms with Gasteiger partial charge in [0, 0.05) is 49.0 Å². The molecule has 1 aliphatic rings. The molecular formula is C19H18N4O3S. The highest BCUT2D eigenvalue weighted by atomic mass is 32.1. The van der Waals surface area contributed by atoms with Gasteiger partial charge < -0.3 is 19.5 Å². The molecule has 1 aromatic carbocycles. The molecule has 7 nitrogen and oxygen atoms in total. The molecule has 27 heavy (non-hydrogen) atoms. The van der Waals surface area contributed by atoms with E-state index in [2.05, 4.69) is 10.3 Å². The Kier molecular flexibility index (Phi) is 4.88. The van der Waals surface area contributed by atoms with Crippen LogP contribution in [0.2, 0.25) is 0 Å². The van der Waals surface area contributed by atoms with Crippen LogP contribution in [0, 0.1) is 0 Å². The van der Waals surface area contributed by atoms with E-state index in [1.54, 1.807) is 39.5 Å². The van der Waals surface area contributed by atoms with Gasteiger partial charge in [0.25, 0.3) is 5.91 Å². The van der Waals surface area contributed by atoms with Crippen LogP contribution in [0.4, 0.5) is 10.5 Å². The molecule has 138 valence electrons. The Morgan fingerprint density at radius 2 is 1.78 bits per heavy atom. The van der Waals surface area contributed by atoms with Gasteiger partial charge in [0.05, 0.1) is 6.26 Å². The quantitative estimate of drug-likeness (QED) is 0.753. The Bertz CT molecular complexity index is 899. The van der Waals surface area contributed by atoms with E-state index in [-0.39, 0.29) is 11.9 Å². The van der Waals surface area contributed by atoms with Crippen LogP contribution < -0.4 is 5.32 Å². The van der Waals surface area contributed by atoms with Gasteiger partial charge in [-0.05, 0) is 36.4 Å². The number of carbonyl (C=O) groups excluding carboxylic acids is 2. The van der Waals surface area contributed by atoms with E-state index in [1.807, 2.05) is 29.6 Å². The van der Waals surface area contributed by atoms with E-state index >= 15 is 0 Å². The van der Waals surface area contributed by atoms with Gasteiger partial charge in [-0.15, -0.1) is 11.3 Å². The zero-order chi connectivity index (χ0) is 18.6. The number of anilines is 1. The van der Waals surface area contributed by atoms with E-state index in [0.29, 0.717) is 31.9 Å². The summed E-state index contributed by atoms with van der Waals surface area (Å²) in [5, 5.41) is 5.78. The van der Waals surface area contributed by atoms with Gasteiger partial charge >= 0.3 is 6.03 Å². The second-order valence-electron chi connectivity index (χ2n) is 6.10. The molecule has 0 radical (unpaired) electrons. The summed E-state index contributed by atoms with van der Waals surface area (Å²) in [4.78, 5) is 32.4. The van der Waals surface area contributed by atoms with Gasteiger partial charge in [0.2, 0.25) is 0 Å². The number of nitrogens with one attached hydrogen (secondary N) is 1. The van der Waals surface area contributed by atoms with Crippen molar-refractivity contribution in [2.75, 3.05) is 31.5 Å². The number of thiazole rings is 1. The molecule has 3 aromatic rings. The second kappa shape index (κ2) is 7.63. The maximum atomic E-state index is 12.5. The van der Waals surface area contributed by atoms with E-state index in [0.717, 1.165) is 16.3 Å². The lowest BCUT2D eigenvalue weighted by molar-refractivity contribution is 0.0640. The van der Waals surface area contributed by atoms with E-state index < -0.39 is 0 Å². The highest BCUT2D eigenvalue weighted by Crippen LogP contribution is 2.23. The average Bonchev–Trinajstić information content (AvgIpc) is 3.42. The van der Waals surface area contributed by atoms with Crippen molar-refractivity contribution >= 4 is 29.0 Å². The summed E-state index contributed by atoms with van der Waals surface area (Å²) in [6.07, 6.45) is 3.25. The van der Waals surface area contributed by atoms with Crippen LogP contribution in [-0.4, -0.2) is 52.9 Å². The summed E-state index contributed by atoms with van der Waals surface area (Å²) in [5.74, 6) is 0.186. The predicted molar refractivity (Wildman–Crippen MR) is 103 cm³/mol. The Morgan fingerprint density at radius 1 is 1.04 bits per heavy atom. The zero-order valence-electron chi connectivity index (χ0n) is 14.5. The van der Waals surface area contributed by atoms with Crippen molar-refractivity contribution in [1.82, 2.24) is 14.8 Å². The number of nitrogens with zero attached hydrogens (tertiary/aromatic N) is 3. The molecular weight excluding hydrogens is 364 g/mol. The number of benzene rings is 1. The minimum atomic E-state index is -0.165. The van der Waals surface area contributed by atoms with Gasteiger partial charge in [-0.3, -0.25) is 4.79 Å². The summed E-state index contributed by atoms with van der Waals surface area (Å²) >= 11 is 1.57. The molecule has 1 saturated heterocycles. The van der Waals surface area contributed by atoms with Crippen molar-refractivity contribution in [2.24, 2.45) is 0 Å². The Morgan fingerprint density at radius 3 is 2.41 bits per heavy atom. The number of carbonyl (C=O) groups is 2. The molecule has 3 amide bonds. The van der Waals surface area contributed by atoms with E-state index in [4.69, 9.17) is 4.42 Å². The number of amides is 3. The fraction of sp³-hybridized carbons (Fsp3) is 0.211. The smallest absolute Gasteiger partial charge is 0.321 e. The van der Waals surface area contributed by atoms with E-state index in [9.17, 15) is 9.59 Å². The Labute approximate surface area is 160 Å². The zero-order valence-corrected chi connectivity index (χ0v) is 15.3. The summed E-state index contributed by atoms with van der Waals surface area (Å²) < 4.78 is 5.15. The first-order chi connectivity index (χ1) is 13.2. The molecule has 1 fully saturated rings. The van der Waals surface area contributed by atoms with Crippen molar-refractivity contribution in [3.63, 3.8) is 0 Å². The van der Waals surface area contributed by atoms with Crippen LogP contribution in [0.1, 0.15) is 10.6 Å². The van der Waals surface area contributed by atoms with Gasteiger partial charge in [0.1, 0.15) is 5.01 Å². The molecule has 1 N–H and O–H groups in total. The first-order valence-corrected chi connectivity index (χ1v) is 9.47. The lowest BCUT2D eigenvalue weighted by Crippen LogP contribution is -2.51. The number of furan rings is 1. The number of rotatable bonds is 3. The molecule has 2 aromatic heterocycles. The third-order valence-corrected chi connectivity index (χ3v) is 5.22. The fourth-order valence-electron chi connectivity index (χ4n) is 2.93. The highest BCUT2D eigenvalue weighted by Gasteiger charge is 2.26. The summed E-state index contributed by atoms with van der Waals surface area (Å²) in [6, 6.07) is 10.8. The molecule has 0 bridgehead atoms. The first kappa shape index (κ1) is 17.3. The maximum absolute atomic E-state index is 12.5. The summed E-state index contributed by atoms with van der Waals surface area (Å²) in [7, 11) is 0. The molecule has 1 aliphatic heterocycles. The van der Waals surface area contributed by atoms with Crippen LogP contribution in [-0.2, 0) is 0 Å². The van der Waals surface area contributed by atoms with Crippen molar-refractivity contribution < 1.29 is 14.0 Å². The van der Waals surface area contributed by atoms with E-state index in [1.165, 1.54) is 6.26 Å². The van der Waals surface area contributed by atoms with Gasteiger partial charge in [-0.25, -0.2) is 9.78 Å². The highest BCUT2D eigenvalue weighted by molar-refractivity contribution is 7.13. The lowest BCUT2D eigenvalue weighted by Gasteiger charge is -2.34. The number of hydrogen-bond donors (Lipinski definition) is 1. The monoisotopic (exact) mass is 382 g/mol. The van der Waals surface area contributed by atoms with Crippen LogP contribution in [0.15, 0.2) is 58.7 Å². The van der Waals surface area contributed by atoms with Gasteiger partial charge in [-0.1, -0.05) is 0 Å². The molecule has 0 saturated carbocycles. The number of aromatic nitrogens is 1. The third-order valence-electron chi connectivity index (χ3n) is 4.40. The standard InChI is InChI=1S/C19H18N4O3S/c24-18(16-2-1-12-26-16)22-8-10-23(11-9-22)19(25)21-15-5-3-14(4-6-15)17-20-7-13-27-17/h1-7,12-13H,8-11H2,(H,21,25). The average molecular weight is 382 g/mol. The minimum Gasteiger partial charge on any atom is -0.459 e. The lowest BCUT2D eigenvalue weighted by atomic mass is 10.2. The van der Waals surface area contributed by atoms with Crippen LogP contribution in [0.25, 0.3) is 10.6 Å². The first-order valence-electron chi connectivity index (χ1n) is 8.59. The largest absolute Gasteiger partial charge is 0.459 e. The second-order valence-corrected chi connectivity index (χ2v) is 7.00.